The highest BCUT2D eigenvalue weighted by molar-refractivity contribution is 5.43. The quantitative estimate of drug-likeness (QED) is 0.405. The van der Waals surface area contributed by atoms with Crippen molar-refractivity contribution in [2.24, 2.45) is 0 Å². The molecule has 1 unspecified atom stereocenters. The van der Waals surface area contributed by atoms with Gasteiger partial charge in [0, 0.05) is 14.2 Å². The van der Waals surface area contributed by atoms with E-state index in [2.05, 4.69) is 15.0 Å². The molecule has 0 radical (unpaired) electrons. The zero-order chi connectivity index (χ0) is 16.7. The van der Waals surface area contributed by atoms with Gasteiger partial charge in [-0.05, 0) is 0 Å². The lowest BCUT2D eigenvalue weighted by Gasteiger charge is -2.26. The molecule has 2 N–H and O–H groups in total. The Morgan fingerprint density at radius 1 is 0.955 bits per heavy atom. The summed E-state index contributed by atoms with van der Waals surface area (Å²) in [7, 11) is 6.93. The first-order chi connectivity index (χ1) is 10.5. The molecule has 0 bridgehead atoms. The molecule has 1 atom stereocenters. The maximum atomic E-state index is 9.72. The van der Waals surface area contributed by atoms with Crippen molar-refractivity contribution in [2.75, 3.05) is 57.4 Å². The number of aliphatic hydroxyl groups excluding tert-OH is 2. The molecule has 0 aliphatic carbocycles. The number of rotatable bonds is 9. The Morgan fingerprint density at radius 2 is 1.50 bits per heavy atom. The van der Waals surface area contributed by atoms with Crippen LogP contribution in [0, 0.1) is 0 Å². The van der Waals surface area contributed by atoms with Crippen LogP contribution in [0.3, 0.4) is 0 Å². The van der Waals surface area contributed by atoms with Crippen molar-refractivity contribution < 1.29 is 29.5 Å². The molecular weight excluding hydrogens is 300 g/mol. The maximum absolute atomic E-state index is 9.72. The van der Waals surface area contributed by atoms with Crippen molar-refractivity contribution in [2.45, 2.75) is 6.41 Å². The van der Waals surface area contributed by atoms with Crippen molar-refractivity contribution in [3.05, 3.63) is 0 Å². The lowest BCUT2D eigenvalue weighted by molar-refractivity contribution is -0.0834. The highest BCUT2D eigenvalue weighted by Crippen LogP contribution is 2.19. The number of nitrogens with zero attached hydrogens (tertiary/aromatic N) is 6. The minimum atomic E-state index is -1.46. The van der Waals surface area contributed by atoms with Gasteiger partial charge in [0.1, 0.15) is 6.73 Å². The summed E-state index contributed by atoms with van der Waals surface area (Å²) < 4.78 is 4.74. The van der Waals surface area contributed by atoms with E-state index in [1.54, 1.807) is 7.05 Å². The summed E-state index contributed by atoms with van der Waals surface area (Å²) in [5.41, 5.74) is 0. The van der Waals surface area contributed by atoms with Crippen LogP contribution in [0.25, 0.3) is 0 Å². The smallest absolute Gasteiger partial charge is 0.284 e. The number of aliphatic hydroxyl groups is 2. The standard InChI is InChI=1S/C10H20N6O6/c1-14(20-3)7-11-8(15(6-17)10(18)19-2)13-9(12-7)16(21-4)22-5/h10,17-18H,6H2,1-5H3. The van der Waals surface area contributed by atoms with E-state index in [1.165, 1.54) is 33.5 Å². The van der Waals surface area contributed by atoms with E-state index in [0.717, 1.165) is 10.1 Å². The van der Waals surface area contributed by atoms with E-state index in [0.29, 0.717) is 0 Å². The molecule has 1 aromatic rings. The second kappa shape index (κ2) is 8.57. The van der Waals surface area contributed by atoms with Gasteiger partial charge >= 0.3 is 0 Å². The van der Waals surface area contributed by atoms with Gasteiger partial charge in [0.15, 0.2) is 0 Å². The highest BCUT2D eigenvalue weighted by atomic mass is 16.9. The van der Waals surface area contributed by atoms with Crippen molar-refractivity contribution >= 4 is 17.8 Å². The third-order valence-electron chi connectivity index (χ3n) is 2.54. The van der Waals surface area contributed by atoms with Crippen molar-refractivity contribution in [1.29, 1.82) is 0 Å². The zero-order valence-corrected chi connectivity index (χ0v) is 13.0. The van der Waals surface area contributed by atoms with Crippen LogP contribution in [0.2, 0.25) is 0 Å². The molecule has 0 aliphatic heterocycles. The second-order valence-corrected chi connectivity index (χ2v) is 3.71. The Morgan fingerprint density at radius 3 is 1.95 bits per heavy atom. The molecule has 126 valence electrons. The number of hydrogen-bond donors (Lipinski definition) is 2. The summed E-state index contributed by atoms with van der Waals surface area (Å²) in [6.45, 7) is -0.603. The van der Waals surface area contributed by atoms with E-state index < -0.39 is 13.1 Å². The van der Waals surface area contributed by atoms with Crippen LogP contribution in [-0.2, 0) is 19.2 Å². The number of ether oxygens (including phenoxy) is 1. The van der Waals surface area contributed by atoms with Gasteiger partial charge in [-0.1, -0.05) is 5.23 Å². The van der Waals surface area contributed by atoms with E-state index in [4.69, 9.17) is 19.2 Å². The molecule has 1 rings (SSSR count). The lowest BCUT2D eigenvalue weighted by atomic mass is 10.7. The fourth-order valence-electron chi connectivity index (χ4n) is 1.37. The Bertz CT molecular complexity index is 462. The number of hydroxylamine groups is 1. The van der Waals surface area contributed by atoms with Gasteiger partial charge in [-0.15, -0.1) is 0 Å². The largest absolute Gasteiger partial charge is 0.376 e. The number of anilines is 3. The second-order valence-electron chi connectivity index (χ2n) is 3.71. The third-order valence-corrected chi connectivity index (χ3v) is 2.54. The first-order valence-electron chi connectivity index (χ1n) is 6.02. The lowest BCUT2D eigenvalue weighted by Crippen LogP contribution is -2.39. The van der Waals surface area contributed by atoms with Crippen LogP contribution in [0.1, 0.15) is 0 Å². The molecule has 0 aromatic carbocycles. The molecule has 0 fully saturated rings. The fraction of sp³-hybridized carbons (Fsp3) is 0.700. The Kier molecular flexibility index (Phi) is 7.10. The number of hydrogen-bond acceptors (Lipinski definition) is 12. The zero-order valence-electron chi connectivity index (χ0n) is 13.0. The summed E-state index contributed by atoms with van der Waals surface area (Å²) in [5.74, 6) is -0.0288. The Hall–Kier alpha value is -1.83. The van der Waals surface area contributed by atoms with Gasteiger partial charge in [0.25, 0.3) is 11.9 Å². The molecule has 0 amide bonds. The molecule has 12 nitrogen and oxygen atoms in total. The van der Waals surface area contributed by atoms with Crippen LogP contribution < -0.4 is 15.2 Å². The molecule has 12 heteroatoms. The number of methoxy groups -OCH3 is 1. The van der Waals surface area contributed by atoms with Crippen molar-refractivity contribution in [3.63, 3.8) is 0 Å². The molecule has 0 saturated heterocycles. The minimum Gasteiger partial charge on any atom is -0.376 e. The minimum absolute atomic E-state index is 0.0318. The van der Waals surface area contributed by atoms with Gasteiger partial charge in [0.05, 0.1) is 21.3 Å². The SMILES string of the molecule is COC(O)N(CO)c1nc(N(C)OC)nc(N(OC)OC)n1. The van der Waals surface area contributed by atoms with Gasteiger partial charge in [-0.25, -0.2) is 14.7 Å². The number of aromatic nitrogens is 3. The van der Waals surface area contributed by atoms with Crippen molar-refractivity contribution in [1.82, 2.24) is 15.0 Å². The summed E-state index contributed by atoms with van der Waals surface area (Å²) in [4.78, 5) is 28.0. The predicted molar refractivity (Wildman–Crippen MR) is 74.3 cm³/mol. The topological polar surface area (TPSA) is 126 Å². The predicted octanol–water partition coefficient (Wildman–Crippen LogP) is -1.52. The van der Waals surface area contributed by atoms with E-state index >= 15 is 0 Å². The first kappa shape index (κ1) is 18.2. The van der Waals surface area contributed by atoms with Gasteiger partial charge in [-0.3, -0.25) is 9.74 Å². The Balaban J connectivity index is 3.33. The fourth-order valence-corrected chi connectivity index (χ4v) is 1.37. The van der Waals surface area contributed by atoms with Crippen LogP contribution in [-0.4, -0.2) is 73.8 Å². The molecule has 22 heavy (non-hydrogen) atoms. The molecule has 0 aliphatic rings. The normalized spacial score (nSPS) is 12.1. The molecular formula is C10H20N6O6. The summed E-state index contributed by atoms with van der Waals surface area (Å²) >= 11 is 0. The molecule has 0 spiro atoms. The van der Waals surface area contributed by atoms with Gasteiger partial charge in [0.2, 0.25) is 12.4 Å². The average molecular weight is 320 g/mol. The summed E-state index contributed by atoms with van der Waals surface area (Å²) in [6.07, 6.45) is -1.46. The molecule has 1 aromatic heterocycles. The molecule has 0 saturated carbocycles. The van der Waals surface area contributed by atoms with Crippen molar-refractivity contribution in [3.8, 4) is 0 Å². The van der Waals surface area contributed by atoms with Crippen LogP contribution >= 0.6 is 0 Å². The summed E-state index contributed by atoms with van der Waals surface area (Å²) in [6, 6.07) is 0. The van der Waals surface area contributed by atoms with Crippen LogP contribution in [0.5, 0.6) is 0 Å². The molecule has 1 heterocycles. The third kappa shape index (κ3) is 4.09. The maximum Gasteiger partial charge on any atom is 0.284 e. The van der Waals surface area contributed by atoms with Crippen LogP contribution in [0.4, 0.5) is 17.8 Å². The first-order valence-corrected chi connectivity index (χ1v) is 6.02. The highest BCUT2D eigenvalue weighted by Gasteiger charge is 2.23. The Labute approximate surface area is 127 Å². The van der Waals surface area contributed by atoms with E-state index in [1.807, 2.05) is 0 Å². The van der Waals surface area contributed by atoms with E-state index in [-0.39, 0.29) is 17.8 Å². The average Bonchev–Trinajstić information content (AvgIpc) is 2.55. The van der Waals surface area contributed by atoms with E-state index in [9.17, 15) is 10.2 Å². The monoisotopic (exact) mass is 320 g/mol. The van der Waals surface area contributed by atoms with Gasteiger partial charge in [-0.2, -0.15) is 15.0 Å². The summed E-state index contributed by atoms with van der Waals surface area (Å²) in [5, 5.41) is 21.3. The van der Waals surface area contributed by atoms with Gasteiger partial charge < -0.3 is 14.9 Å². The van der Waals surface area contributed by atoms with Crippen LogP contribution in [0.15, 0.2) is 0 Å².